The molecular weight excluding hydrogens is 326 g/mol. The van der Waals surface area contributed by atoms with E-state index < -0.39 is 0 Å². The molecule has 0 aliphatic carbocycles. The molecular formula is C17H28BrN3. The fourth-order valence-electron chi connectivity index (χ4n) is 2.66. The highest BCUT2D eigenvalue weighted by molar-refractivity contribution is 9.10. The summed E-state index contributed by atoms with van der Waals surface area (Å²) >= 11 is 3.71. The molecule has 0 saturated carbocycles. The van der Waals surface area contributed by atoms with Crippen molar-refractivity contribution in [2.75, 3.05) is 38.1 Å². The van der Waals surface area contributed by atoms with Gasteiger partial charge in [-0.2, -0.15) is 0 Å². The van der Waals surface area contributed by atoms with Gasteiger partial charge in [-0.3, -0.25) is 0 Å². The van der Waals surface area contributed by atoms with Crippen molar-refractivity contribution in [1.82, 2.24) is 10.2 Å². The highest BCUT2D eigenvalue weighted by Crippen LogP contribution is 2.24. The molecule has 0 amide bonds. The Kier molecular flexibility index (Phi) is 6.52. The Morgan fingerprint density at radius 1 is 1.29 bits per heavy atom. The molecule has 0 bridgehead atoms. The van der Waals surface area contributed by atoms with Gasteiger partial charge in [-0.15, -0.1) is 0 Å². The van der Waals surface area contributed by atoms with Crippen molar-refractivity contribution >= 4 is 21.6 Å². The van der Waals surface area contributed by atoms with Crippen LogP contribution in [0.25, 0.3) is 0 Å². The maximum absolute atomic E-state index is 3.71. The van der Waals surface area contributed by atoms with Crippen LogP contribution in [0.3, 0.4) is 0 Å². The number of nitrogens with one attached hydrogen (secondary N) is 1. The Morgan fingerprint density at radius 3 is 2.62 bits per heavy atom. The first-order valence-electron chi connectivity index (χ1n) is 8.01. The van der Waals surface area contributed by atoms with Gasteiger partial charge in [0.25, 0.3) is 0 Å². The van der Waals surface area contributed by atoms with Crippen molar-refractivity contribution in [3.63, 3.8) is 0 Å². The van der Waals surface area contributed by atoms with Gasteiger partial charge in [0.1, 0.15) is 0 Å². The molecule has 0 unspecified atom stereocenters. The number of likely N-dealkylation sites (N-methyl/N-ethyl adjacent to an activating group) is 1. The summed E-state index contributed by atoms with van der Waals surface area (Å²) in [4.78, 5) is 4.91. The van der Waals surface area contributed by atoms with Crippen LogP contribution in [0.4, 0.5) is 5.69 Å². The van der Waals surface area contributed by atoms with Crippen LogP contribution in [-0.4, -0.2) is 44.2 Å². The predicted octanol–water partition coefficient (Wildman–Crippen LogP) is 3.48. The third-order valence-corrected chi connectivity index (χ3v) is 4.87. The molecule has 1 aliphatic heterocycles. The average molecular weight is 354 g/mol. The monoisotopic (exact) mass is 353 g/mol. The van der Waals surface area contributed by atoms with Crippen molar-refractivity contribution in [2.24, 2.45) is 0 Å². The number of rotatable bonds is 7. The lowest BCUT2D eigenvalue weighted by Crippen LogP contribution is -2.31. The average Bonchev–Trinajstić information content (AvgIpc) is 2.96. The zero-order valence-electron chi connectivity index (χ0n) is 13.5. The van der Waals surface area contributed by atoms with Gasteiger partial charge in [0.15, 0.2) is 0 Å². The van der Waals surface area contributed by atoms with E-state index in [0.717, 1.165) is 13.1 Å². The molecule has 4 heteroatoms. The first-order valence-corrected chi connectivity index (χ1v) is 8.81. The molecule has 2 rings (SSSR count). The van der Waals surface area contributed by atoms with E-state index >= 15 is 0 Å². The number of benzene rings is 1. The second-order valence-electron chi connectivity index (χ2n) is 6.28. The fourth-order valence-corrected chi connectivity index (χ4v) is 3.16. The Morgan fingerprint density at radius 2 is 2.00 bits per heavy atom. The summed E-state index contributed by atoms with van der Waals surface area (Å²) in [6, 6.07) is 7.20. The standard InChI is InChI=1S/C17H28BrN3/c1-14(2)19-13-15-6-7-16(12-17(15)18)20(3)10-11-21-8-4-5-9-21/h6-7,12,14,19H,4-5,8-11,13H2,1-3H3. The molecule has 1 saturated heterocycles. The van der Waals surface area contributed by atoms with Gasteiger partial charge < -0.3 is 15.1 Å². The maximum Gasteiger partial charge on any atom is 0.0375 e. The van der Waals surface area contributed by atoms with Crippen LogP contribution in [0.2, 0.25) is 0 Å². The SMILES string of the molecule is CC(C)NCc1ccc(N(C)CCN2CCCC2)cc1Br. The summed E-state index contributed by atoms with van der Waals surface area (Å²) in [5, 5.41) is 3.46. The first kappa shape index (κ1) is 16.8. The number of anilines is 1. The summed E-state index contributed by atoms with van der Waals surface area (Å²) in [7, 11) is 2.18. The Labute approximate surface area is 137 Å². The van der Waals surface area contributed by atoms with E-state index in [1.165, 1.54) is 48.2 Å². The zero-order valence-corrected chi connectivity index (χ0v) is 15.1. The van der Waals surface area contributed by atoms with Gasteiger partial charge in [-0.05, 0) is 43.6 Å². The zero-order chi connectivity index (χ0) is 15.2. The topological polar surface area (TPSA) is 18.5 Å². The molecule has 0 aromatic heterocycles. The Hall–Kier alpha value is -0.580. The van der Waals surface area contributed by atoms with Crippen molar-refractivity contribution in [3.05, 3.63) is 28.2 Å². The summed E-state index contributed by atoms with van der Waals surface area (Å²) in [6.45, 7) is 10.1. The summed E-state index contributed by atoms with van der Waals surface area (Å²) in [5.41, 5.74) is 2.61. The Bertz CT molecular complexity index is 442. The highest BCUT2D eigenvalue weighted by Gasteiger charge is 2.12. The van der Waals surface area contributed by atoms with E-state index in [1.54, 1.807) is 0 Å². The van der Waals surface area contributed by atoms with Gasteiger partial charge in [0.05, 0.1) is 0 Å². The van der Waals surface area contributed by atoms with E-state index in [-0.39, 0.29) is 0 Å². The molecule has 1 aromatic carbocycles. The van der Waals surface area contributed by atoms with Gasteiger partial charge in [0, 0.05) is 42.9 Å². The Balaban J connectivity index is 1.88. The number of hydrogen-bond acceptors (Lipinski definition) is 3. The minimum Gasteiger partial charge on any atom is -0.373 e. The van der Waals surface area contributed by atoms with E-state index in [1.807, 2.05) is 0 Å². The maximum atomic E-state index is 3.71. The molecule has 1 aliphatic rings. The van der Waals surface area contributed by atoms with Crippen LogP contribution in [-0.2, 0) is 6.54 Å². The smallest absolute Gasteiger partial charge is 0.0375 e. The number of likely N-dealkylation sites (tertiary alicyclic amines) is 1. The van der Waals surface area contributed by atoms with E-state index in [4.69, 9.17) is 0 Å². The number of nitrogens with zero attached hydrogens (tertiary/aromatic N) is 2. The third kappa shape index (κ3) is 5.28. The molecule has 118 valence electrons. The van der Waals surface area contributed by atoms with Gasteiger partial charge in [0.2, 0.25) is 0 Å². The normalized spacial score (nSPS) is 15.9. The van der Waals surface area contributed by atoms with Gasteiger partial charge >= 0.3 is 0 Å². The second-order valence-corrected chi connectivity index (χ2v) is 7.14. The van der Waals surface area contributed by atoms with Crippen molar-refractivity contribution in [3.8, 4) is 0 Å². The van der Waals surface area contributed by atoms with E-state index in [0.29, 0.717) is 6.04 Å². The largest absolute Gasteiger partial charge is 0.373 e. The quantitative estimate of drug-likeness (QED) is 0.809. The van der Waals surface area contributed by atoms with Crippen LogP contribution in [0.5, 0.6) is 0 Å². The molecule has 1 N–H and O–H groups in total. The van der Waals surface area contributed by atoms with Crippen molar-refractivity contribution < 1.29 is 0 Å². The van der Waals surface area contributed by atoms with Crippen LogP contribution in [0, 0.1) is 0 Å². The summed E-state index contributed by atoms with van der Waals surface area (Å²) < 4.78 is 1.20. The number of halogens is 1. The second kappa shape index (κ2) is 8.16. The van der Waals surface area contributed by atoms with Crippen LogP contribution >= 0.6 is 15.9 Å². The molecule has 1 fully saturated rings. The minimum absolute atomic E-state index is 0.514. The number of hydrogen-bond donors (Lipinski definition) is 1. The lowest BCUT2D eigenvalue weighted by Gasteiger charge is -2.24. The fraction of sp³-hybridized carbons (Fsp3) is 0.647. The molecule has 0 atom stereocenters. The van der Waals surface area contributed by atoms with E-state index in [2.05, 4.69) is 70.1 Å². The van der Waals surface area contributed by atoms with E-state index in [9.17, 15) is 0 Å². The predicted molar refractivity (Wildman–Crippen MR) is 95.1 cm³/mol. The third-order valence-electron chi connectivity index (χ3n) is 4.13. The van der Waals surface area contributed by atoms with Gasteiger partial charge in [-0.1, -0.05) is 35.8 Å². The van der Waals surface area contributed by atoms with Crippen LogP contribution in [0.1, 0.15) is 32.3 Å². The molecule has 21 heavy (non-hydrogen) atoms. The van der Waals surface area contributed by atoms with Crippen molar-refractivity contribution in [2.45, 2.75) is 39.3 Å². The lowest BCUT2D eigenvalue weighted by atomic mass is 10.2. The summed E-state index contributed by atoms with van der Waals surface area (Å²) in [5.74, 6) is 0. The minimum atomic E-state index is 0.514. The molecule has 0 spiro atoms. The van der Waals surface area contributed by atoms with Crippen LogP contribution < -0.4 is 10.2 Å². The molecule has 1 heterocycles. The highest BCUT2D eigenvalue weighted by atomic mass is 79.9. The van der Waals surface area contributed by atoms with Crippen LogP contribution in [0.15, 0.2) is 22.7 Å². The first-order chi connectivity index (χ1) is 10.1. The summed E-state index contributed by atoms with van der Waals surface area (Å²) in [6.07, 6.45) is 2.74. The van der Waals surface area contributed by atoms with Gasteiger partial charge in [-0.25, -0.2) is 0 Å². The van der Waals surface area contributed by atoms with Crippen molar-refractivity contribution in [1.29, 1.82) is 0 Å². The molecule has 3 nitrogen and oxygen atoms in total. The molecule has 0 radical (unpaired) electrons. The lowest BCUT2D eigenvalue weighted by molar-refractivity contribution is 0.346. The molecule has 1 aromatic rings.